The standard InChI is InChI=1S/C11H8N2O2/c14-9-6-13-5-7-3-1-2-4-8(7)10(13)11(15)12-9/h1-5H,6H2,(H,12,14,15). The van der Waals surface area contributed by atoms with Crippen molar-refractivity contribution in [1.82, 2.24) is 9.88 Å². The van der Waals surface area contributed by atoms with Gasteiger partial charge in [-0.1, -0.05) is 24.3 Å². The molecule has 0 bridgehead atoms. The number of hydrogen-bond acceptors (Lipinski definition) is 2. The average Bonchev–Trinajstić information content (AvgIpc) is 2.54. The van der Waals surface area contributed by atoms with Gasteiger partial charge in [0.05, 0.1) is 0 Å². The molecule has 3 rings (SSSR count). The largest absolute Gasteiger partial charge is 0.333 e. The van der Waals surface area contributed by atoms with Crippen molar-refractivity contribution in [2.24, 2.45) is 0 Å². The van der Waals surface area contributed by atoms with Crippen molar-refractivity contribution in [1.29, 1.82) is 0 Å². The molecule has 4 heteroatoms. The molecule has 0 atom stereocenters. The van der Waals surface area contributed by atoms with E-state index in [-0.39, 0.29) is 18.4 Å². The SMILES string of the molecule is O=C1Cn2cc3ccccc3c2C(=O)N1. The van der Waals surface area contributed by atoms with E-state index in [1.807, 2.05) is 30.5 Å². The molecule has 2 heterocycles. The van der Waals surface area contributed by atoms with Crippen LogP contribution in [0.15, 0.2) is 30.5 Å². The van der Waals surface area contributed by atoms with Gasteiger partial charge in [0.15, 0.2) is 0 Å². The van der Waals surface area contributed by atoms with Crippen LogP contribution < -0.4 is 5.32 Å². The molecule has 1 aliphatic rings. The molecule has 1 aliphatic heterocycles. The number of carbonyl (C=O) groups excluding carboxylic acids is 2. The molecular weight excluding hydrogens is 192 g/mol. The lowest BCUT2D eigenvalue weighted by molar-refractivity contribution is -0.121. The minimum atomic E-state index is -0.313. The zero-order valence-corrected chi connectivity index (χ0v) is 7.86. The van der Waals surface area contributed by atoms with Crippen molar-refractivity contribution < 1.29 is 9.59 Å². The number of imide groups is 1. The topological polar surface area (TPSA) is 51.1 Å². The molecule has 0 saturated heterocycles. The van der Waals surface area contributed by atoms with Gasteiger partial charge in [-0.15, -0.1) is 0 Å². The predicted molar refractivity (Wildman–Crippen MR) is 54.4 cm³/mol. The molecular formula is C11H8N2O2. The van der Waals surface area contributed by atoms with E-state index in [0.717, 1.165) is 10.8 Å². The molecule has 0 spiro atoms. The first-order valence-electron chi connectivity index (χ1n) is 4.68. The van der Waals surface area contributed by atoms with E-state index in [0.29, 0.717) is 5.69 Å². The Kier molecular flexibility index (Phi) is 1.48. The molecule has 0 aliphatic carbocycles. The summed E-state index contributed by atoms with van der Waals surface area (Å²) < 4.78 is 1.70. The summed E-state index contributed by atoms with van der Waals surface area (Å²) in [6.45, 7) is 0.218. The highest BCUT2D eigenvalue weighted by molar-refractivity contribution is 6.13. The second-order valence-corrected chi connectivity index (χ2v) is 3.57. The van der Waals surface area contributed by atoms with Crippen molar-refractivity contribution in [3.63, 3.8) is 0 Å². The van der Waals surface area contributed by atoms with Crippen LogP contribution in [0.5, 0.6) is 0 Å². The third kappa shape index (κ3) is 1.08. The van der Waals surface area contributed by atoms with Crippen LogP contribution >= 0.6 is 0 Å². The third-order valence-electron chi connectivity index (χ3n) is 2.58. The summed E-state index contributed by atoms with van der Waals surface area (Å²) in [5.41, 5.74) is 0.574. The fourth-order valence-corrected chi connectivity index (χ4v) is 1.97. The van der Waals surface area contributed by atoms with Crippen LogP contribution in [0, 0.1) is 0 Å². The fraction of sp³-hybridized carbons (Fsp3) is 0.0909. The van der Waals surface area contributed by atoms with Gasteiger partial charge >= 0.3 is 0 Å². The fourth-order valence-electron chi connectivity index (χ4n) is 1.97. The van der Waals surface area contributed by atoms with Gasteiger partial charge in [-0.25, -0.2) is 0 Å². The number of amides is 2. The number of nitrogens with one attached hydrogen (secondary N) is 1. The Balaban J connectivity index is 2.36. The molecule has 1 aromatic carbocycles. The highest BCUT2D eigenvalue weighted by Crippen LogP contribution is 2.22. The first-order chi connectivity index (χ1) is 7.25. The summed E-state index contributed by atoms with van der Waals surface area (Å²) >= 11 is 0. The maximum Gasteiger partial charge on any atom is 0.275 e. The van der Waals surface area contributed by atoms with E-state index in [1.165, 1.54) is 0 Å². The highest BCUT2D eigenvalue weighted by atomic mass is 16.2. The second kappa shape index (κ2) is 2.70. The second-order valence-electron chi connectivity index (χ2n) is 3.57. The molecule has 2 aromatic rings. The summed E-state index contributed by atoms with van der Waals surface area (Å²) in [4.78, 5) is 22.8. The van der Waals surface area contributed by atoms with Crippen LogP contribution in [-0.2, 0) is 11.3 Å². The Morgan fingerprint density at radius 2 is 2.00 bits per heavy atom. The summed E-state index contributed by atoms with van der Waals surface area (Å²) in [7, 11) is 0. The van der Waals surface area contributed by atoms with Crippen molar-refractivity contribution in [2.75, 3.05) is 0 Å². The first-order valence-corrected chi connectivity index (χ1v) is 4.68. The minimum absolute atomic E-state index is 0.218. The van der Waals surface area contributed by atoms with Crippen molar-refractivity contribution in [2.45, 2.75) is 6.54 Å². The Morgan fingerprint density at radius 3 is 2.87 bits per heavy atom. The molecule has 4 nitrogen and oxygen atoms in total. The van der Waals surface area contributed by atoms with E-state index in [9.17, 15) is 9.59 Å². The van der Waals surface area contributed by atoms with E-state index in [4.69, 9.17) is 0 Å². The third-order valence-corrected chi connectivity index (χ3v) is 2.58. The van der Waals surface area contributed by atoms with Gasteiger partial charge in [0.1, 0.15) is 12.2 Å². The molecule has 74 valence electrons. The molecule has 0 saturated carbocycles. The van der Waals surface area contributed by atoms with Crippen LogP contribution in [0.3, 0.4) is 0 Å². The molecule has 0 radical (unpaired) electrons. The van der Waals surface area contributed by atoms with Crippen molar-refractivity contribution in [3.05, 3.63) is 36.2 Å². The number of nitrogens with zero attached hydrogens (tertiary/aromatic N) is 1. The van der Waals surface area contributed by atoms with Gasteiger partial charge in [0, 0.05) is 17.0 Å². The van der Waals surface area contributed by atoms with Crippen LogP contribution in [0.2, 0.25) is 0 Å². The van der Waals surface area contributed by atoms with Gasteiger partial charge in [-0.05, 0) is 0 Å². The van der Waals surface area contributed by atoms with Gasteiger partial charge in [-0.3, -0.25) is 14.9 Å². The van der Waals surface area contributed by atoms with Crippen LogP contribution in [-0.4, -0.2) is 16.4 Å². The monoisotopic (exact) mass is 200 g/mol. The molecule has 0 unspecified atom stereocenters. The van der Waals surface area contributed by atoms with Gasteiger partial charge in [0.2, 0.25) is 5.91 Å². The molecule has 0 fully saturated rings. The van der Waals surface area contributed by atoms with Crippen LogP contribution in [0.25, 0.3) is 10.8 Å². The highest BCUT2D eigenvalue weighted by Gasteiger charge is 2.24. The summed E-state index contributed by atoms with van der Waals surface area (Å²) in [5, 5.41) is 4.19. The Labute approximate surface area is 85.5 Å². The minimum Gasteiger partial charge on any atom is -0.333 e. The average molecular weight is 200 g/mol. The maximum atomic E-state index is 11.6. The van der Waals surface area contributed by atoms with Crippen LogP contribution in [0.4, 0.5) is 0 Å². The van der Waals surface area contributed by atoms with Crippen molar-refractivity contribution in [3.8, 4) is 0 Å². The molecule has 15 heavy (non-hydrogen) atoms. The normalized spacial score (nSPS) is 15.2. The first kappa shape index (κ1) is 8.23. The van der Waals surface area contributed by atoms with E-state index in [2.05, 4.69) is 5.32 Å². The smallest absolute Gasteiger partial charge is 0.275 e. The van der Waals surface area contributed by atoms with Gasteiger partial charge < -0.3 is 4.57 Å². The summed E-state index contributed by atoms with van der Waals surface area (Å²) in [6, 6.07) is 7.61. The number of benzene rings is 1. The summed E-state index contributed by atoms with van der Waals surface area (Å²) in [5.74, 6) is -0.569. The van der Waals surface area contributed by atoms with E-state index >= 15 is 0 Å². The number of aromatic nitrogens is 1. The van der Waals surface area contributed by atoms with Gasteiger partial charge in [0.25, 0.3) is 5.91 Å². The Bertz CT molecular complexity index is 583. The molecule has 1 aromatic heterocycles. The van der Waals surface area contributed by atoms with Crippen molar-refractivity contribution >= 4 is 22.6 Å². The molecule has 2 amide bonds. The Hall–Kier alpha value is -2.10. The number of fused-ring (bicyclic) bond motifs is 3. The summed E-state index contributed by atoms with van der Waals surface area (Å²) in [6.07, 6.45) is 1.83. The number of carbonyl (C=O) groups is 2. The zero-order chi connectivity index (χ0) is 10.4. The maximum absolute atomic E-state index is 11.6. The zero-order valence-electron chi connectivity index (χ0n) is 7.86. The van der Waals surface area contributed by atoms with E-state index in [1.54, 1.807) is 4.57 Å². The molecule has 1 N–H and O–H groups in total. The van der Waals surface area contributed by atoms with Crippen LogP contribution in [0.1, 0.15) is 10.5 Å². The lowest BCUT2D eigenvalue weighted by Gasteiger charge is -2.14. The number of rotatable bonds is 0. The number of hydrogen-bond donors (Lipinski definition) is 1. The Morgan fingerprint density at radius 1 is 1.20 bits per heavy atom. The van der Waals surface area contributed by atoms with E-state index < -0.39 is 0 Å². The quantitative estimate of drug-likeness (QED) is 0.642. The predicted octanol–water partition coefficient (Wildman–Crippen LogP) is 0.911. The lowest BCUT2D eigenvalue weighted by atomic mass is 10.1. The lowest BCUT2D eigenvalue weighted by Crippen LogP contribution is -2.40. The van der Waals surface area contributed by atoms with Gasteiger partial charge in [-0.2, -0.15) is 0 Å².